The molecule has 3 aromatic rings. The molecular weight excluding hydrogens is 350 g/mol. The summed E-state index contributed by atoms with van der Waals surface area (Å²) in [4.78, 5) is 12.4. The molecular formula is C20H20ClN3O2. The summed E-state index contributed by atoms with van der Waals surface area (Å²) in [5.41, 5.74) is 3.44. The first-order chi connectivity index (χ1) is 12.5. The third kappa shape index (κ3) is 4.64. The van der Waals surface area contributed by atoms with Crippen molar-refractivity contribution >= 4 is 17.5 Å². The summed E-state index contributed by atoms with van der Waals surface area (Å²) in [5.74, 6) is 0.609. The molecule has 6 heteroatoms. The number of benzene rings is 2. The van der Waals surface area contributed by atoms with Crippen molar-refractivity contribution < 1.29 is 9.53 Å². The monoisotopic (exact) mass is 369 g/mol. The second-order valence-corrected chi connectivity index (χ2v) is 6.48. The van der Waals surface area contributed by atoms with E-state index in [-0.39, 0.29) is 5.91 Å². The SMILES string of the molecule is Cc1nn(C)cc1CNC(=O)c1cccc(COc2ccc(Cl)cc2)c1. The van der Waals surface area contributed by atoms with Crippen LogP contribution in [-0.2, 0) is 20.2 Å². The van der Waals surface area contributed by atoms with Crippen LogP contribution in [0.4, 0.5) is 0 Å². The van der Waals surface area contributed by atoms with Crippen molar-refractivity contribution in [3.05, 3.63) is 82.1 Å². The van der Waals surface area contributed by atoms with Gasteiger partial charge in [-0.15, -0.1) is 0 Å². The predicted molar refractivity (Wildman–Crippen MR) is 101 cm³/mol. The van der Waals surface area contributed by atoms with E-state index >= 15 is 0 Å². The van der Waals surface area contributed by atoms with Gasteiger partial charge in [0.15, 0.2) is 0 Å². The van der Waals surface area contributed by atoms with Crippen LogP contribution in [0.25, 0.3) is 0 Å². The first-order valence-corrected chi connectivity index (χ1v) is 8.63. The van der Waals surface area contributed by atoms with E-state index in [9.17, 15) is 4.79 Å². The average Bonchev–Trinajstić information content (AvgIpc) is 2.96. The van der Waals surface area contributed by atoms with Crippen LogP contribution in [0, 0.1) is 6.92 Å². The van der Waals surface area contributed by atoms with Crippen LogP contribution in [0.2, 0.25) is 5.02 Å². The molecule has 0 aliphatic heterocycles. The number of halogens is 1. The van der Waals surface area contributed by atoms with Crippen molar-refractivity contribution in [2.75, 3.05) is 0 Å². The maximum absolute atomic E-state index is 12.4. The summed E-state index contributed by atoms with van der Waals surface area (Å²) >= 11 is 5.86. The average molecular weight is 370 g/mol. The lowest BCUT2D eigenvalue weighted by Crippen LogP contribution is -2.23. The minimum absolute atomic E-state index is 0.124. The molecule has 1 amide bonds. The quantitative estimate of drug-likeness (QED) is 0.717. The van der Waals surface area contributed by atoms with Gasteiger partial charge >= 0.3 is 0 Å². The van der Waals surface area contributed by atoms with E-state index in [2.05, 4.69) is 10.4 Å². The highest BCUT2D eigenvalue weighted by Gasteiger charge is 2.09. The first kappa shape index (κ1) is 18.0. The Hall–Kier alpha value is -2.79. The Kier molecular flexibility index (Phi) is 5.58. The molecule has 1 aromatic heterocycles. The van der Waals surface area contributed by atoms with Crippen LogP contribution in [-0.4, -0.2) is 15.7 Å². The van der Waals surface area contributed by atoms with Gasteiger partial charge in [0.2, 0.25) is 0 Å². The zero-order valence-corrected chi connectivity index (χ0v) is 15.5. The van der Waals surface area contributed by atoms with Crippen molar-refractivity contribution in [3.63, 3.8) is 0 Å². The zero-order chi connectivity index (χ0) is 18.5. The summed E-state index contributed by atoms with van der Waals surface area (Å²) in [5, 5.41) is 7.87. The molecule has 134 valence electrons. The highest BCUT2D eigenvalue weighted by atomic mass is 35.5. The van der Waals surface area contributed by atoms with Gasteiger partial charge in [-0.2, -0.15) is 5.10 Å². The number of carbonyl (C=O) groups excluding carboxylic acids is 1. The van der Waals surface area contributed by atoms with Gasteiger partial charge < -0.3 is 10.1 Å². The molecule has 1 N–H and O–H groups in total. The fourth-order valence-electron chi connectivity index (χ4n) is 2.60. The molecule has 0 radical (unpaired) electrons. The van der Waals surface area contributed by atoms with Crippen LogP contribution in [0.3, 0.4) is 0 Å². The van der Waals surface area contributed by atoms with Crippen LogP contribution >= 0.6 is 11.6 Å². The molecule has 0 atom stereocenters. The molecule has 0 fully saturated rings. The molecule has 26 heavy (non-hydrogen) atoms. The van der Waals surface area contributed by atoms with Crippen molar-refractivity contribution in [1.29, 1.82) is 0 Å². The highest BCUT2D eigenvalue weighted by Crippen LogP contribution is 2.17. The van der Waals surface area contributed by atoms with E-state index in [0.29, 0.717) is 23.7 Å². The summed E-state index contributed by atoms with van der Waals surface area (Å²) in [6, 6.07) is 14.6. The lowest BCUT2D eigenvalue weighted by atomic mass is 10.1. The van der Waals surface area contributed by atoms with Crippen LogP contribution in [0.15, 0.2) is 54.7 Å². The Bertz CT molecular complexity index is 904. The molecule has 5 nitrogen and oxygen atoms in total. The largest absolute Gasteiger partial charge is 0.489 e. The van der Waals surface area contributed by atoms with Crippen molar-refractivity contribution in [2.24, 2.45) is 7.05 Å². The third-order valence-electron chi connectivity index (χ3n) is 3.96. The topological polar surface area (TPSA) is 56.2 Å². The number of nitrogens with zero attached hydrogens (tertiary/aromatic N) is 2. The molecule has 0 saturated heterocycles. The molecule has 0 unspecified atom stereocenters. The van der Waals surface area contributed by atoms with Crippen LogP contribution in [0.1, 0.15) is 27.2 Å². The number of hydrogen-bond donors (Lipinski definition) is 1. The Morgan fingerprint density at radius 2 is 2.00 bits per heavy atom. The number of amides is 1. The number of nitrogens with one attached hydrogen (secondary N) is 1. The standard InChI is InChI=1S/C20H20ClN3O2/c1-14-17(12-24(2)23-14)11-22-20(25)16-5-3-4-15(10-16)13-26-19-8-6-18(21)7-9-19/h3-10,12H,11,13H2,1-2H3,(H,22,25). The Balaban J connectivity index is 1.59. The van der Waals surface area contributed by atoms with Gasteiger partial charge in [0, 0.05) is 35.9 Å². The molecule has 3 rings (SSSR count). The zero-order valence-electron chi connectivity index (χ0n) is 14.7. The second kappa shape index (κ2) is 8.06. The molecule has 2 aromatic carbocycles. The van der Waals surface area contributed by atoms with E-state index in [1.165, 1.54) is 0 Å². The first-order valence-electron chi connectivity index (χ1n) is 8.26. The van der Waals surface area contributed by atoms with Crippen molar-refractivity contribution in [3.8, 4) is 5.75 Å². The normalized spacial score (nSPS) is 10.6. The lowest BCUT2D eigenvalue weighted by Gasteiger charge is -2.09. The molecule has 0 aliphatic carbocycles. The number of ether oxygens (including phenoxy) is 1. The van der Waals surface area contributed by atoms with Gasteiger partial charge in [-0.1, -0.05) is 23.7 Å². The van der Waals surface area contributed by atoms with Crippen molar-refractivity contribution in [1.82, 2.24) is 15.1 Å². The van der Waals surface area contributed by atoms with E-state index in [1.54, 1.807) is 22.9 Å². The summed E-state index contributed by atoms with van der Waals surface area (Å²) in [7, 11) is 1.86. The van der Waals surface area contributed by atoms with E-state index < -0.39 is 0 Å². The maximum Gasteiger partial charge on any atom is 0.251 e. The van der Waals surface area contributed by atoms with Crippen molar-refractivity contribution in [2.45, 2.75) is 20.1 Å². The highest BCUT2D eigenvalue weighted by molar-refractivity contribution is 6.30. The number of carbonyl (C=O) groups is 1. The van der Waals surface area contributed by atoms with Gasteiger partial charge in [0.1, 0.15) is 12.4 Å². The molecule has 1 heterocycles. The maximum atomic E-state index is 12.4. The van der Waals surface area contributed by atoms with E-state index in [4.69, 9.17) is 16.3 Å². The number of rotatable bonds is 6. The molecule has 0 bridgehead atoms. The number of aromatic nitrogens is 2. The fraction of sp³-hybridized carbons (Fsp3) is 0.200. The molecule has 0 spiro atoms. The predicted octanol–water partition coefficient (Wildman–Crippen LogP) is 3.89. The van der Waals surface area contributed by atoms with Crippen LogP contribution in [0.5, 0.6) is 5.75 Å². The minimum atomic E-state index is -0.124. The van der Waals surface area contributed by atoms with Crippen LogP contribution < -0.4 is 10.1 Å². The van der Waals surface area contributed by atoms with Gasteiger partial charge in [-0.25, -0.2) is 0 Å². The Morgan fingerprint density at radius 3 is 2.69 bits per heavy atom. The van der Waals surface area contributed by atoms with Gasteiger partial charge in [0.05, 0.1) is 5.69 Å². The molecule has 0 aliphatic rings. The summed E-state index contributed by atoms with van der Waals surface area (Å²) in [6.07, 6.45) is 1.91. The third-order valence-corrected chi connectivity index (χ3v) is 4.21. The van der Waals surface area contributed by atoms with E-state index in [1.807, 2.05) is 50.5 Å². The minimum Gasteiger partial charge on any atom is -0.489 e. The lowest BCUT2D eigenvalue weighted by molar-refractivity contribution is 0.0950. The number of aryl methyl sites for hydroxylation is 2. The van der Waals surface area contributed by atoms with E-state index in [0.717, 1.165) is 22.6 Å². The Morgan fingerprint density at radius 1 is 1.23 bits per heavy atom. The number of hydrogen-bond acceptors (Lipinski definition) is 3. The van der Waals surface area contributed by atoms with Gasteiger partial charge in [0.25, 0.3) is 5.91 Å². The van der Waals surface area contributed by atoms with Gasteiger partial charge in [-0.3, -0.25) is 9.48 Å². The summed E-state index contributed by atoms with van der Waals surface area (Å²) < 4.78 is 7.47. The second-order valence-electron chi connectivity index (χ2n) is 6.04. The van der Waals surface area contributed by atoms with Gasteiger partial charge in [-0.05, 0) is 48.9 Å². The summed E-state index contributed by atoms with van der Waals surface area (Å²) in [6.45, 7) is 2.75. The smallest absolute Gasteiger partial charge is 0.251 e. The fourth-order valence-corrected chi connectivity index (χ4v) is 2.73. The Labute approximate surface area is 157 Å². The molecule has 0 saturated carbocycles.